The predicted molar refractivity (Wildman–Crippen MR) is 79.0 cm³/mol. The fourth-order valence-corrected chi connectivity index (χ4v) is 2.83. The molecule has 0 heterocycles. The summed E-state index contributed by atoms with van der Waals surface area (Å²) in [5.41, 5.74) is 13.2. The van der Waals surface area contributed by atoms with E-state index in [9.17, 15) is 4.79 Å². The third-order valence-electron chi connectivity index (χ3n) is 4.05. The Bertz CT molecular complexity index is 459. The van der Waals surface area contributed by atoms with Gasteiger partial charge in [0.1, 0.15) is 0 Å². The molecule has 2 atom stereocenters. The lowest BCUT2D eigenvalue weighted by Gasteiger charge is -2.25. The van der Waals surface area contributed by atoms with E-state index in [0.29, 0.717) is 28.9 Å². The molecule has 1 aliphatic carbocycles. The van der Waals surface area contributed by atoms with Crippen molar-refractivity contribution in [2.75, 3.05) is 11.1 Å². The largest absolute Gasteiger partial charge is 0.397 e. The summed E-state index contributed by atoms with van der Waals surface area (Å²) in [4.78, 5) is 11.5. The molecule has 19 heavy (non-hydrogen) atoms. The first-order valence-electron chi connectivity index (χ1n) is 7.04. The zero-order chi connectivity index (χ0) is 13.8. The van der Waals surface area contributed by atoms with Crippen LogP contribution in [0.1, 0.15) is 49.4 Å². The average molecular weight is 261 g/mol. The number of nitrogens with two attached hydrogens (primary N) is 2. The van der Waals surface area contributed by atoms with Gasteiger partial charge in [-0.2, -0.15) is 0 Å². The van der Waals surface area contributed by atoms with Crippen LogP contribution in [0.2, 0.25) is 0 Å². The lowest BCUT2D eigenvalue weighted by Crippen LogP contribution is -2.28. The SMILES string of the molecule is CC1CCCCCC1Nc1c(N)cccc1C(N)=O. The van der Waals surface area contributed by atoms with Crippen LogP contribution >= 0.6 is 0 Å². The van der Waals surface area contributed by atoms with Gasteiger partial charge in [-0.3, -0.25) is 4.79 Å². The van der Waals surface area contributed by atoms with E-state index >= 15 is 0 Å². The van der Waals surface area contributed by atoms with Gasteiger partial charge in [-0.25, -0.2) is 0 Å². The van der Waals surface area contributed by atoms with Gasteiger partial charge in [0, 0.05) is 6.04 Å². The van der Waals surface area contributed by atoms with Gasteiger partial charge >= 0.3 is 0 Å². The summed E-state index contributed by atoms with van der Waals surface area (Å²) < 4.78 is 0. The maximum Gasteiger partial charge on any atom is 0.250 e. The van der Waals surface area contributed by atoms with E-state index in [2.05, 4.69) is 12.2 Å². The zero-order valence-corrected chi connectivity index (χ0v) is 11.5. The van der Waals surface area contributed by atoms with E-state index in [4.69, 9.17) is 11.5 Å². The van der Waals surface area contributed by atoms with Crippen LogP contribution in [-0.4, -0.2) is 11.9 Å². The van der Waals surface area contributed by atoms with Crippen molar-refractivity contribution in [3.63, 3.8) is 0 Å². The van der Waals surface area contributed by atoms with Crippen LogP contribution < -0.4 is 16.8 Å². The molecule has 0 saturated heterocycles. The first kappa shape index (κ1) is 13.7. The Balaban J connectivity index is 2.24. The van der Waals surface area contributed by atoms with E-state index < -0.39 is 5.91 Å². The van der Waals surface area contributed by atoms with E-state index in [1.54, 1.807) is 18.2 Å². The zero-order valence-electron chi connectivity index (χ0n) is 11.5. The summed E-state index contributed by atoms with van der Waals surface area (Å²) in [5, 5.41) is 3.46. The highest BCUT2D eigenvalue weighted by atomic mass is 16.1. The number of amides is 1. The number of primary amides is 1. The number of hydrogen-bond acceptors (Lipinski definition) is 3. The van der Waals surface area contributed by atoms with Crippen LogP contribution in [-0.2, 0) is 0 Å². The van der Waals surface area contributed by atoms with Gasteiger partial charge in [-0.05, 0) is 30.9 Å². The summed E-state index contributed by atoms with van der Waals surface area (Å²) in [6, 6.07) is 5.65. The van der Waals surface area contributed by atoms with Crippen LogP contribution in [0.25, 0.3) is 0 Å². The molecule has 1 aliphatic rings. The molecule has 4 heteroatoms. The number of para-hydroxylation sites is 1. The smallest absolute Gasteiger partial charge is 0.250 e. The quantitative estimate of drug-likeness (QED) is 0.578. The highest BCUT2D eigenvalue weighted by Gasteiger charge is 2.22. The molecule has 5 N–H and O–H groups in total. The van der Waals surface area contributed by atoms with Crippen molar-refractivity contribution in [3.8, 4) is 0 Å². The summed E-state index contributed by atoms with van der Waals surface area (Å²) in [5.74, 6) is 0.152. The summed E-state index contributed by atoms with van der Waals surface area (Å²) in [6.07, 6.45) is 6.13. The van der Waals surface area contributed by atoms with Gasteiger partial charge in [-0.1, -0.05) is 32.3 Å². The van der Waals surface area contributed by atoms with E-state index in [-0.39, 0.29) is 0 Å². The summed E-state index contributed by atoms with van der Waals surface area (Å²) in [7, 11) is 0. The number of nitrogen functional groups attached to an aromatic ring is 1. The molecule has 0 bridgehead atoms. The van der Waals surface area contributed by atoms with Crippen LogP contribution in [0.3, 0.4) is 0 Å². The van der Waals surface area contributed by atoms with Crippen molar-refractivity contribution in [2.24, 2.45) is 11.7 Å². The lowest BCUT2D eigenvalue weighted by molar-refractivity contribution is 0.100. The Kier molecular flexibility index (Phi) is 4.30. The molecule has 0 radical (unpaired) electrons. The van der Waals surface area contributed by atoms with E-state index in [1.807, 2.05) is 0 Å². The minimum atomic E-state index is -0.434. The fourth-order valence-electron chi connectivity index (χ4n) is 2.83. The molecule has 0 spiro atoms. The van der Waals surface area contributed by atoms with Gasteiger partial charge < -0.3 is 16.8 Å². The van der Waals surface area contributed by atoms with Gasteiger partial charge in [-0.15, -0.1) is 0 Å². The number of carbonyl (C=O) groups is 1. The molecular weight excluding hydrogens is 238 g/mol. The molecule has 4 nitrogen and oxygen atoms in total. The van der Waals surface area contributed by atoms with E-state index in [0.717, 1.165) is 6.42 Å². The van der Waals surface area contributed by atoms with Crippen molar-refractivity contribution in [2.45, 2.75) is 45.1 Å². The Morgan fingerprint density at radius 2 is 2.00 bits per heavy atom. The summed E-state index contributed by atoms with van der Waals surface area (Å²) in [6.45, 7) is 2.26. The standard InChI is InChI=1S/C15H23N3O/c1-10-6-3-2-4-9-13(10)18-14-11(15(17)19)7-5-8-12(14)16/h5,7-8,10,13,18H,2-4,6,9,16H2,1H3,(H2,17,19). The molecule has 1 amide bonds. The molecule has 2 unspecified atom stereocenters. The molecule has 1 aromatic rings. The molecule has 1 fully saturated rings. The maximum atomic E-state index is 11.5. The number of nitrogens with one attached hydrogen (secondary N) is 1. The van der Waals surface area contributed by atoms with Crippen molar-refractivity contribution in [3.05, 3.63) is 23.8 Å². The second kappa shape index (κ2) is 5.95. The Morgan fingerprint density at radius 3 is 2.74 bits per heavy atom. The van der Waals surface area contributed by atoms with Crippen LogP contribution in [0.15, 0.2) is 18.2 Å². The first-order valence-corrected chi connectivity index (χ1v) is 7.04. The monoisotopic (exact) mass is 261 g/mol. The maximum absolute atomic E-state index is 11.5. The Morgan fingerprint density at radius 1 is 1.26 bits per heavy atom. The number of anilines is 2. The van der Waals surface area contributed by atoms with E-state index in [1.165, 1.54) is 25.7 Å². The van der Waals surface area contributed by atoms with Gasteiger partial charge in [0.25, 0.3) is 5.91 Å². The molecule has 104 valence electrons. The highest BCUT2D eigenvalue weighted by Crippen LogP contribution is 2.30. The average Bonchev–Trinajstić information content (AvgIpc) is 2.57. The number of hydrogen-bond donors (Lipinski definition) is 3. The topological polar surface area (TPSA) is 81.1 Å². The van der Waals surface area contributed by atoms with Crippen molar-refractivity contribution < 1.29 is 4.79 Å². The normalized spacial score (nSPS) is 23.6. The molecule has 0 aromatic heterocycles. The van der Waals surface area contributed by atoms with Gasteiger partial charge in [0.2, 0.25) is 0 Å². The van der Waals surface area contributed by atoms with Crippen LogP contribution in [0.4, 0.5) is 11.4 Å². The second-order valence-electron chi connectivity index (χ2n) is 5.50. The molecule has 1 saturated carbocycles. The second-order valence-corrected chi connectivity index (χ2v) is 5.50. The Hall–Kier alpha value is -1.71. The van der Waals surface area contributed by atoms with Crippen molar-refractivity contribution in [1.29, 1.82) is 0 Å². The molecule has 2 rings (SSSR count). The fraction of sp³-hybridized carbons (Fsp3) is 0.533. The number of benzene rings is 1. The number of carbonyl (C=O) groups excluding carboxylic acids is 1. The van der Waals surface area contributed by atoms with Gasteiger partial charge in [0.15, 0.2) is 0 Å². The molecular formula is C15H23N3O. The minimum Gasteiger partial charge on any atom is -0.397 e. The predicted octanol–water partition coefficient (Wildman–Crippen LogP) is 2.75. The first-order chi connectivity index (χ1) is 9.09. The molecule has 0 aliphatic heterocycles. The van der Waals surface area contributed by atoms with Crippen molar-refractivity contribution >= 4 is 17.3 Å². The van der Waals surface area contributed by atoms with Gasteiger partial charge in [0.05, 0.1) is 16.9 Å². The third-order valence-corrected chi connectivity index (χ3v) is 4.05. The Labute approximate surface area is 114 Å². The van der Waals surface area contributed by atoms with Crippen LogP contribution in [0.5, 0.6) is 0 Å². The molecule has 1 aromatic carbocycles. The van der Waals surface area contributed by atoms with Crippen LogP contribution in [0, 0.1) is 5.92 Å². The van der Waals surface area contributed by atoms with Crippen molar-refractivity contribution in [1.82, 2.24) is 0 Å². The minimum absolute atomic E-state index is 0.366. The lowest BCUT2D eigenvalue weighted by atomic mass is 9.96. The number of rotatable bonds is 3. The highest BCUT2D eigenvalue weighted by molar-refractivity contribution is 6.01. The summed E-state index contributed by atoms with van der Waals surface area (Å²) >= 11 is 0. The third kappa shape index (κ3) is 3.19.